The van der Waals surface area contributed by atoms with E-state index in [0.29, 0.717) is 17.7 Å². The van der Waals surface area contributed by atoms with E-state index in [0.717, 1.165) is 0 Å². The SMILES string of the molecule is CCn1cnc2c(N)nc(F)nc21. The number of nitrogen functional groups attached to an aromatic ring is 1. The van der Waals surface area contributed by atoms with E-state index in [1.807, 2.05) is 6.92 Å². The van der Waals surface area contributed by atoms with Gasteiger partial charge in [-0.2, -0.15) is 14.4 Å². The van der Waals surface area contributed by atoms with Gasteiger partial charge in [0, 0.05) is 6.54 Å². The van der Waals surface area contributed by atoms with Crippen LogP contribution in [0.5, 0.6) is 0 Å². The van der Waals surface area contributed by atoms with Crippen molar-refractivity contribution in [1.29, 1.82) is 0 Å². The predicted octanol–water partition coefficient (Wildman–Crippen LogP) is 0.567. The van der Waals surface area contributed by atoms with Gasteiger partial charge in [0.1, 0.15) is 5.52 Å². The lowest BCUT2D eigenvalue weighted by Gasteiger charge is -1.98. The van der Waals surface area contributed by atoms with Gasteiger partial charge < -0.3 is 10.3 Å². The van der Waals surface area contributed by atoms with Gasteiger partial charge in [-0.1, -0.05) is 0 Å². The van der Waals surface area contributed by atoms with Crippen molar-refractivity contribution in [1.82, 2.24) is 19.5 Å². The second-order valence-corrected chi connectivity index (χ2v) is 2.58. The number of anilines is 1. The highest BCUT2D eigenvalue weighted by atomic mass is 19.1. The van der Waals surface area contributed by atoms with E-state index in [4.69, 9.17) is 5.73 Å². The minimum absolute atomic E-state index is 0.0784. The molecule has 2 rings (SSSR count). The van der Waals surface area contributed by atoms with Crippen molar-refractivity contribution in [2.24, 2.45) is 0 Å². The Morgan fingerprint density at radius 1 is 1.54 bits per heavy atom. The second-order valence-electron chi connectivity index (χ2n) is 2.58. The highest BCUT2D eigenvalue weighted by Gasteiger charge is 2.09. The number of fused-ring (bicyclic) bond motifs is 1. The first-order valence-corrected chi connectivity index (χ1v) is 3.86. The fourth-order valence-electron chi connectivity index (χ4n) is 1.17. The van der Waals surface area contributed by atoms with Gasteiger partial charge in [-0.15, -0.1) is 0 Å². The molecule has 0 saturated carbocycles. The van der Waals surface area contributed by atoms with Gasteiger partial charge in [0.25, 0.3) is 0 Å². The van der Waals surface area contributed by atoms with E-state index in [1.54, 1.807) is 10.9 Å². The number of hydrogen-bond donors (Lipinski definition) is 1. The Morgan fingerprint density at radius 3 is 3.00 bits per heavy atom. The van der Waals surface area contributed by atoms with E-state index < -0.39 is 6.08 Å². The van der Waals surface area contributed by atoms with Crippen LogP contribution in [0.4, 0.5) is 10.2 Å². The predicted molar refractivity (Wildman–Crippen MR) is 45.4 cm³/mol. The average Bonchev–Trinajstić information content (AvgIpc) is 2.47. The Morgan fingerprint density at radius 2 is 2.31 bits per heavy atom. The molecule has 0 aliphatic rings. The van der Waals surface area contributed by atoms with Crippen LogP contribution in [0.15, 0.2) is 6.33 Å². The standard InChI is InChI=1S/C7H8FN5/c1-2-13-3-10-4-5(9)11-7(8)12-6(4)13/h3H,2H2,1H3,(H2,9,11,12). The number of imidazole rings is 1. The summed E-state index contributed by atoms with van der Waals surface area (Å²) in [5.74, 6) is 0.0784. The highest BCUT2D eigenvalue weighted by Crippen LogP contribution is 2.14. The number of hydrogen-bond acceptors (Lipinski definition) is 4. The lowest BCUT2D eigenvalue weighted by molar-refractivity contribution is 0.543. The van der Waals surface area contributed by atoms with E-state index in [2.05, 4.69) is 15.0 Å². The van der Waals surface area contributed by atoms with Crippen LogP contribution >= 0.6 is 0 Å². The Labute approximate surface area is 73.4 Å². The molecule has 0 fully saturated rings. The summed E-state index contributed by atoms with van der Waals surface area (Å²) in [5, 5.41) is 0. The molecule has 0 unspecified atom stereocenters. The minimum atomic E-state index is -0.819. The number of nitrogens with zero attached hydrogens (tertiary/aromatic N) is 4. The molecule has 68 valence electrons. The van der Waals surface area contributed by atoms with Crippen molar-refractivity contribution in [2.75, 3.05) is 5.73 Å². The van der Waals surface area contributed by atoms with Gasteiger partial charge in [-0.3, -0.25) is 0 Å². The van der Waals surface area contributed by atoms with E-state index in [-0.39, 0.29) is 5.82 Å². The summed E-state index contributed by atoms with van der Waals surface area (Å²) < 4.78 is 14.5. The molecular formula is C7H8FN5. The molecule has 0 bridgehead atoms. The van der Waals surface area contributed by atoms with Crippen LogP contribution < -0.4 is 5.73 Å². The third-order valence-corrected chi connectivity index (χ3v) is 1.80. The average molecular weight is 181 g/mol. The van der Waals surface area contributed by atoms with E-state index >= 15 is 0 Å². The zero-order valence-corrected chi connectivity index (χ0v) is 7.03. The fraction of sp³-hybridized carbons (Fsp3) is 0.286. The van der Waals surface area contributed by atoms with Crippen LogP contribution in [0.3, 0.4) is 0 Å². The Hall–Kier alpha value is -1.72. The topological polar surface area (TPSA) is 69.6 Å². The van der Waals surface area contributed by atoms with Crippen LogP contribution in [0.2, 0.25) is 0 Å². The zero-order valence-electron chi connectivity index (χ0n) is 7.03. The maximum Gasteiger partial charge on any atom is 0.312 e. The summed E-state index contributed by atoms with van der Waals surface area (Å²) >= 11 is 0. The van der Waals surface area contributed by atoms with Gasteiger partial charge >= 0.3 is 6.08 Å². The molecule has 13 heavy (non-hydrogen) atoms. The quantitative estimate of drug-likeness (QED) is 0.653. The Kier molecular flexibility index (Phi) is 1.61. The second kappa shape index (κ2) is 2.65. The van der Waals surface area contributed by atoms with Crippen molar-refractivity contribution < 1.29 is 4.39 Å². The first kappa shape index (κ1) is 7.90. The molecular weight excluding hydrogens is 173 g/mol. The molecule has 0 spiro atoms. The van der Waals surface area contributed by atoms with Gasteiger partial charge in [0.2, 0.25) is 0 Å². The van der Waals surface area contributed by atoms with E-state index in [1.165, 1.54) is 0 Å². The summed E-state index contributed by atoms with van der Waals surface area (Å²) in [6, 6.07) is 0. The van der Waals surface area contributed by atoms with Crippen molar-refractivity contribution in [2.45, 2.75) is 13.5 Å². The van der Waals surface area contributed by atoms with Crippen LogP contribution in [0.1, 0.15) is 6.92 Å². The third kappa shape index (κ3) is 1.10. The van der Waals surface area contributed by atoms with Crippen molar-refractivity contribution in [3.05, 3.63) is 12.4 Å². The Bertz CT molecular complexity index is 449. The Balaban J connectivity index is 2.82. The fourth-order valence-corrected chi connectivity index (χ4v) is 1.17. The summed E-state index contributed by atoms with van der Waals surface area (Å²) in [7, 11) is 0. The molecule has 2 heterocycles. The monoisotopic (exact) mass is 181 g/mol. The summed E-state index contributed by atoms with van der Waals surface area (Å²) in [5.41, 5.74) is 6.34. The third-order valence-electron chi connectivity index (χ3n) is 1.80. The highest BCUT2D eigenvalue weighted by molar-refractivity contribution is 5.81. The van der Waals surface area contributed by atoms with Gasteiger partial charge in [0.15, 0.2) is 11.5 Å². The van der Waals surface area contributed by atoms with Crippen LogP contribution in [0, 0.1) is 6.08 Å². The molecule has 2 aromatic heterocycles. The lowest BCUT2D eigenvalue weighted by Crippen LogP contribution is -2.00. The molecule has 2 N–H and O–H groups in total. The number of aromatic nitrogens is 4. The molecule has 6 heteroatoms. The van der Waals surface area contributed by atoms with Crippen LogP contribution in [-0.2, 0) is 6.54 Å². The molecule has 0 aliphatic carbocycles. The molecule has 2 aromatic rings. The molecule has 0 atom stereocenters. The first-order valence-electron chi connectivity index (χ1n) is 3.86. The van der Waals surface area contributed by atoms with Gasteiger partial charge in [0.05, 0.1) is 6.33 Å². The number of rotatable bonds is 1. The maximum absolute atomic E-state index is 12.7. The van der Waals surface area contributed by atoms with Crippen molar-refractivity contribution in [3.8, 4) is 0 Å². The van der Waals surface area contributed by atoms with Gasteiger partial charge in [-0.05, 0) is 6.92 Å². The summed E-state index contributed by atoms with van der Waals surface area (Å²) in [6.07, 6.45) is 0.745. The summed E-state index contributed by atoms with van der Waals surface area (Å²) in [6.45, 7) is 2.59. The molecule has 0 radical (unpaired) electrons. The number of aryl methyl sites for hydroxylation is 1. The minimum Gasteiger partial charge on any atom is -0.382 e. The first-order chi connectivity index (χ1) is 6.22. The largest absolute Gasteiger partial charge is 0.382 e. The van der Waals surface area contributed by atoms with E-state index in [9.17, 15) is 4.39 Å². The van der Waals surface area contributed by atoms with Crippen molar-refractivity contribution >= 4 is 17.0 Å². The number of nitrogens with two attached hydrogens (primary N) is 1. The zero-order chi connectivity index (χ0) is 9.42. The van der Waals surface area contributed by atoms with Crippen LogP contribution in [0.25, 0.3) is 11.2 Å². The maximum atomic E-state index is 12.7. The molecule has 0 aromatic carbocycles. The van der Waals surface area contributed by atoms with Crippen molar-refractivity contribution in [3.63, 3.8) is 0 Å². The molecule has 0 saturated heterocycles. The molecule has 0 aliphatic heterocycles. The molecule has 0 amide bonds. The normalized spacial score (nSPS) is 10.9. The lowest BCUT2D eigenvalue weighted by atomic mass is 10.5. The van der Waals surface area contributed by atoms with Gasteiger partial charge in [-0.25, -0.2) is 4.98 Å². The van der Waals surface area contributed by atoms with Crippen LogP contribution in [-0.4, -0.2) is 19.5 Å². The smallest absolute Gasteiger partial charge is 0.312 e. The number of halogens is 1. The summed E-state index contributed by atoms with van der Waals surface area (Å²) in [4.78, 5) is 11.0. The molecule has 5 nitrogen and oxygen atoms in total.